The van der Waals surface area contributed by atoms with Crippen LogP contribution in [0.5, 0.6) is 0 Å². The lowest BCUT2D eigenvalue weighted by Gasteiger charge is -2.14. The van der Waals surface area contributed by atoms with Gasteiger partial charge in [-0.1, -0.05) is 13.8 Å². The first kappa shape index (κ1) is 15.4. The van der Waals surface area contributed by atoms with Crippen LogP contribution < -0.4 is 5.32 Å². The van der Waals surface area contributed by atoms with Crippen LogP contribution in [0.4, 0.5) is 0 Å². The van der Waals surface area contributed by atoms with Crippen LogP contribution in [0.15, 0.2) is 0 Å². The molecule has 0 saturated carbocycles. The molecular weight excluding hydrogens is 202 g/mol. The maximum atomic E-state index is 11.1. The van der Waals surface area contributed by atoms with Crippen LogP contribution in [0.1, 0.15) is 53.4 Å². The van der Waals surface area contributed by atoms with E-state index in [0.717, 1.165) is 18.9 Å². The molecule has 0 aliphatic heterocycles. The smallest absolute Gasteiger partial charge is 0.305 e. The molecule has 0 aliphatic carbocycles. The molecule has 0 aromatic heterocycles. The van der Waals surface area contributed by atoms with E-state index in [0.29, 0.717) is 19.1 Å². The summed E-state index contributed by atoms with van der Waals surface area (Å²) in [6.07, 6.45) is 3.85. The molecule has 0 bridgehead atoms. The Bertz CT molecular complexity index is 181. The third kappa shape index (κ3) is 9.97. The van der Waals surface area contributed by atoms with Crippen LogP contribution in [0.3, 0.4) is 0 Å². The van der Waals surface area contributed by atoms with Crippen molar-refractivity contribution in [3.63, 3.8) is 0 Å². The molecule has 1 unspecified atom stereocenters. The number of carbonyl (C=O) groups is 1. The third-order valence-electron chi connectivity index (χ3n) is 2.53. The minimum atomic E-state index is -0.0841. The van der Waals surface area contributed by atoms with Gasteiger partial charge in [0, 0.05) is 12.5 Å². The predicted octanol–water partition coefficient (Wildman–Crippen LogP) is 2.74. The second-order valence-corrected chi connectivity index (χ2v) is 4.73. The Morgan fingerprint density at radius 3 is 2.50 bits per heavy atom. The van der Waals surface area contributed by atoms with Crippen molar-refractivity contribution in [3.05, 3.63) is 0 Å². The number of carbonyl (C=O) groups excluding carboxylic acids is 1. The molecular formula is C13H27NO2. The number of nitrogens with one attached hydrogen (secondary N) is 1. The summed E-state index contributed by atoms with van der Waals surface area (Å²) in [6, 6.07) is 0.546. The largest absolute Gasteiger partial charge is 0.466 e. The highest BCUT2D eigenvalue weighted by Crippen LogP contribution is 2.06. The molecule has 1 N–H and O–H groups in total. The molecule has 0 fully saturated rings. The number of hydrogen-bond acceptors (Lipinski definition) is 3. The third-order valence-corrected chi connectivity index (χ3v) is 2.53. The predicted molar refractivity (Wildman–Crippen MR) is 67.4 cm³/mol. The number of ether oxygens (including phenoxy) is 1. The molecule has 0 amide bonds. The Morgan fingerprint density at radius 1 is 1.25 bits per heavy atom. The lowest BCUT2D eigenvalue weighted by Crippen LogP contribution is -2.27. The molecule has 0 heterocycles. The Hall–Kier alpha value is -0.570. The summed E-state index contributed by atoms with van der Waals surface area (Å²) in [6.45, 7) is 9.91. The molecule has 1 atom stereocenters. The van der Waals surface area contributed by atoms with Crippen molar-refractivity contribution in [1.29, 1.82) is 0 Å². The molecule has 3 nitrogen and oxygen atoms in total. The minimum absolute atomic E-state index is 0.0841. The van der Waals surface area contributed by atoms with Crippen LogP contribution in [-0.4, -0.2) is 25.2 Å². The zero-order chi connectivity index (χ0) is 12.4. The van der Waals surface area contributed by atoms with Crippen molar-refractivity contribution in [2.75, 3.05) is 13.2 Å². The van der Waals surface area contributed by atoms with Gasteiger partial charge in [0.25, 0.3) is 0 Å². The number of rotatable bonds is 9. The summed E-state index contributed by atoms with van der Waals surface area (Å²) >= 11 is 0. The van der Waals surface area contributed by atoms with Crippen molar-refractivity contribution in [3.8, 4) is 0 Å². The summed E-state index contributed by atoms with van der Waals surface area (Å²) in [5, 5.41) is 3.43. The zero-order valence-corrected chi connectivity index (χ0v) is 11.2. The van der Waals surface area contributed by atoms with Gasteiger partial charge in [-0.2, -0.15) is 0 Å². The first-order valence-electron chi connectivity index (χ1n) is 6.45. The Kier molecular flexibility index (Phi) is 9.30. The number of esters is 1. The highest BCUT2D eigenvalue weighted by Gasteiger charge is 2.04. The Labute approximate surface area is 99.9 Å². The van der Waals surface area contributed by atoms with Gasteiger partial charge in [0.1, 0.15) is 0 Å². The molecule has 0 saturated heterocycles. The van der Waals surface area contributed by atoms with Crippen LogP contribution >= 0.6 is 0 Å². The zero-order valence-electron chi connectivity index (χ0n) is 11.2. The fraction of sp³-hybridized carbons (Fsp3) is 0.923. The molecule has 0 aromatic rings. The summed E-state index contributed by atoms with van der Waals surface area (Å²) < 4.78 is 4.86. The van der Waals surface area contributed by atoms with E-state index in [1.54, 1.807) is 0 Å². The van der Waals surface area contributed by atoms with E-state index >= 15 is 0 Å². The monoisotopic (exact) mass is 229 g/mol. The highest BCUT2D eigenvalue weighted by molar-refractivity contribution is 5.69. The van der Waals surface area contributed by atoms with E-state index in [-0.39, 0.29) is 5.97 Å². The maximum absolute atomic E-state index is 11.1. The number of hydrogen-bond donors (Lipinski definition) is 1. The summed E-state index contributed by atoms with van der Waals surface area (Å²) in [7, 11) is 0. The average molecular weight is 229 g/mol. The van der Waals surface area contributed by atoms with Gasteiger partial charge in [0.2, 0.25) is 0 Å². The molecule has 0 aromatic carbocycles. The van der Waals surface area contributed by atoms with Crippen molar-refractivity contribution in [2.24, 2.45) is 5.92 Å². The molecule has 0 rings (SSSR count). The fourth-order valence-corrected chi connectivity index (χ4v) is 1.50. The molecule has 16 heavy (non-hydrogen) atoms. The first-order chi connectivity index (χ1) is 7.56. The molecule has 3 heteroatoms. The second kappa shape index (κ2) is 9.64. The van der Waals surface area contributed by atoms with Gasteiger partial charge in [-0.05, 0) is 45.6 Å². The average Bonchev–Trinajstić information content (AvgIpc) is 2.22. The van der Waals surface area contributed by atoms with Gasteiger partial charge in [-0.15, -0.1) is 0 Å². The van der Waals surface area contributed by atoms with E-state index in [9.17, 15) is 4.79 Å². The normalized spacial score (nSPS) is 12.8. The lowest BCUT2D eigenvalue weighted by molar-refractivity contribution is -0.143. The van der Waals surface area contributed by atoms with Crippen molar-refractivity contribution >= 4 is 5.97 Å². The van der Waals surface area contributed by atoms with Gasteiger partial charge in [-0.25, -0.2) is 0 Å². The summed E-state index contributed by atoms with van der Waals surface area (Å²) in [4.78, 5) is 11.1. The minimum Gasteiger partial charge on any atom is -0.466 e. The Balaban J connectivity index is 3.33. The summed E-state index contributed by atoms with van der Waals surface area (Å²) in [5.41, 5.74) is 0. The van der Waals surface area contributed by atoms with E-state index in [2.05, 4.69) is 26.1 Å². The standard InChI is InChI=1S/C13H27NO2/c1-5-16-13(15)7-6-10-14-12(4)9-8-11(2)3/h11-12,14H,5-10H2,1-4H3. The van der Waals surface area contributed by atoms with E-state index in [4.69, 9.17) is 4.74 Å². The van der Waals surface area contributed by atoms with Gasteiger partial charge < -0.3 is 10.1 Å². The van der Waals surface area contributed by atoms with Crippen molar-refractivity contribution in [1.82, 2.24) is 5.32 Å². The Morgan fingerprint density at radius 2 is 1.94 bits per heavy atom. The van der Waals surface area contributed by atoms with Crippen LogP contribution in [-0.2, 0) is 9.53 Å². The van der Waals surface area contributed by atoms with Gasteiger partial charge in [0.05, 0.1) is 6.61 Å². The van der Waals surface area contributed by atoms with E-state index in [1.165, 1.54) is 12.8 Å². The molecule has 0 spiro atoms. The van der Waals surface area contributed by atoms with Gasteiger partial charge in [-0.3, -0.25) is 4.79 Å². The topological polar surface area (TPSA) is 38.3 Å². The summed E-state index contributed by atoms with van der Waals surface area (Å²) in [5.74, 6) is 0.683. The van der Waals surface area contributed by atoms with Gasteiger partial charge in [0.15, 0.2) is 0 Å². The second-order valence-electron chi connectivity index (χ2n) is 4.73. The van der Waals surface area contributed by atoms with Crippen molar-refractivity contribution in [2.45, 2.75) is 59.4 Å². The quantitative estimate of drug-likeness (QED) is 0.488. The van der Waals surface area contributed by atoms with E-state index in [1.807, 2.05) is 6.92 Å². The highest BCUT2D eigenvalue weighted by atomic mass is 16.5. The van der Waals surface area contributed by atoms with Crippen LogP contribution in [0.25, 0.3) is 0 Å². The van der Waals surface area contributed by atoms with E-state index < -0.39 is 0 Å². The maximum Gasteiger partial charge on any atom is 0.305 e. The lowest BCUT2D eigenvalue weighted by atomic mass is 10.0. The molecule has 0 aliphatic rings. The molecule has 96 valence electrons. The SMILES string of the molecule is CCOC(=O)CCCNC(C)CCC(C)C. The first-order valence-corrected chi connectivity index (χ1v) is 6.45. The molecule has 0 radical (unpaired) electrons. The van der Waals surface area contributed by atoms with Crippen LogP contribution in [0, 0.1) is 5.92 Å². The fourth-order valence-electron chi connectivity index (χ4n) is 1.50. The van der Waals surface area contributed by atoms with Gasteiger partial charge >= 0.3 is 5.97 Å². The van der Waals surface area contributed by atoms with Crippen molar-refractivity contribution < 1.29 is 9.53 Å². The van der Waals surface area contributed by atoms with Crippen LogP contribution in [0.2, 0.25) is 0 Å².